The number of nitrogens with zero attached hydrogens (tertiary/aromatic N) is 1. The molecule has 1 aromatic rings. The second kappa shape index (κ2) is 7.58. The Hall–Kier alpha value is -2.15. The number of nitro benzene ring substituents is 1. The maximum Gasteiger partial charge on any atom is 0.311 e. The van der Waals surface area contributed by atoms with Gasteiger partial charge >= 0.3 is 5.69 Å². The number of hydrogen-bond donors (Lipinski definition) is 2. The van der Waals surface area contributed by atoms with Gasteiger partial charge in [-0.25, -0.2) is 0 Å². The Morgan fingerprint density at radius 1 is 1.48 bits per heavy atom. The molecule has 3 N–H and O–H groups in total. The summed E-state index contributed by atoms with van der Waals surface area (Å²) in [6.45, 7) is 6.04. The van der Waals surface area contributed by atoms with E-state index in [2.05, 4.69) is 5.32 Å². The number of carbonyl (C=O) groups excluding carboxylic acids is 1. The average Bonchev–Trinajstić information content (AvgIpc) is 2.39. The average molecular weight is 295 g/mol. The standard InChI is InChI=1S/C14H21N3O4/c1-4-5-16-11(14(15)18)8-21-13-10(3)6-9(2)7-12(13)17(19)20/h6-7,11,16H,4-5,8H2,1-3H3,(H2,15,18). The van der Waals surface area contributed by atoms with Crippen molar-refractivity contribution in [3.63, 3.8) is 0 Å². The Morgan fingerprint density at radius 2 is 2.14 bits per heavy atom. The molecule has 0 bridgehead atoms. The zero-order valence-electron chi connectivity index (χ0n) is 12.5. The highest BCUT2D eigenvalue weighted by Gasteiger charge is 2.21. The number of nitro groups is 1. The van der Waals surface area contributed by atoms with Gasteiger partial charge in [0.1, 0.15) is 12.6 Å². The van der Waals surface area contributed by atoms with Gasteiger partial charge in [0.25, 0.3) is 0 Å². The molecule has 1 aromatic carbocycles. The van der Waals surface area contributed by atoms with Crippen molar-refractivity contribution in [1.29, 1.82) is 0 Å². The van der Waals surface area contributed by atoms with Crippen LogP contribution in [0.25, 0.3) is 0 Å². The lowest BCUT2D eigenvalue weighted by Crippen LogP contribution is -2.45. The molecule has 0 aliphatic rings. The summed E-state index contributed by atoms with van der Waals surface area (Å²) in [5, 5.41) is 14.0. The smallest absolute Gasteiger partial charge is 0.311 e. The van der Waals surface area contributed by atoms with E-state index in [1.165, 1.54) is 6.07 Å². The first kappa shape index (κ1) is 16.9. The number of rotatable bonds is 8. The number of carbonyl (C=O) groups is 1. The third-order valence-corrected chi connectivity index (χ3v) is 2.97. The van der Waals surface area contributed by atoms with Crippen molar-refractivity contribution in [2.45, 2.75) is 33.2 Å². The first-order valence-corrected chi connectivity index (χ1v) is 6.78. The van der Waals surface area contributed by atoms with Crippen LogP contribution in [-0.2, 0) is 4.79 Å². The summed E-state index contributed by atoms with van der Waals surface area (Å²) in [6, 6.07) is 2.56. The van der Waals surface area contributed by atoms with Gasteiger partial charge in [-0.05, 0) is 37.9 Å². The first-order valence-electron chi connectivity index (χ1n) is 6.78. The van der Waals surface area contributed by atoms with Crippen LogP contribution in [0.1, 0.15) is 24.5 Å². The van der Waals surface area contributed by atoms with Crippen molar-refractivity contribution < 1.29 is 14.5 Å². The summed E-state index contributed by atoms with van der Waals surface area (Å²) in [7, 11) is 0. The number of nitrogens with one attached hydrogen (secondary N) is 1. The van der Waals surface area contributed by atoms with Crippen molar-refractivity contribution in [2.24, 2.45) is 5.73 Å². The normalized spacial score (nSPS) is 12.0. The molecule has 7 heteroatoms. The molecule has 116 valence electrons. The number of ether oxygens (including phenoxy) is 1. The molecule has 0 radical (unpaired) electrons. The minimum absolute atomic E-state index is 0.0416. The summed E-state index contributed by atoms with van der Waals surface area (Å²) in [6.07, 6.45) is 0.841. The van der Waals surface area contributed by atoms with Gasteiger partial charge in [-0.3, -0.25) is 14.9 Å². The van der Waals surface area contributed by atoms with E-state index in [0.29, 0.717) is 12.1 Å². The summed E-state index contributed by atoms with van der Waals surface area (Å²) in [5.41, 5.74) is 6.61. The van der Waals surface area contributed by atoms with Gasteiger partial charge in [0.2, 0.25) is 5.91 Å². The van der Waals surface area contributed by atoms with E-state index in [1.807, 2.05) is 6.92 Å². The molecular weight excluding hydrogens is 274 g/mol. The topological polar surface area (TPSA) is 107 Å². The largest absolute Gasteiger partial charge is 0.484 e. The van der Waals surface area contributed by atoms with Crippen molar-refractivity contribution in [3.05, 3.63) is 33.4 Å². The van der Waals surface area contributed by atoms with E-state index < -0.39 is 16.9 Å². The number of hydrogen-bond acceptors (Lipinski definition) is 5. The molecular formula is C14H21N3O4. The highest BCUT2D eigenvalue weighted by Crippen LogP contribution is 2.32. The molecule has 0 heterocycles. The Kier molecular flexibility index (Phi) is 6.10. The second-order valence-corrected chi connectivity index (χ2v) is 4.91. The quantitative estimate of drug-likeness (QED) is 0.557. The molecule has 1 atom stereocenters. The summed E-state index contributed by atoms with van der Waals surface area (Å²) in [5.74, 6) is -0.369. The van der Waals surface area contributed by atoms with Crippen molar-refractivity contribution in [2.75, 3.05) is 13.2 Å². The molecule has 0 aliphatic heterocycles. The highest BCUT2D eigenvalue weighted by molar-refractivity contribution is 5.80. The molecule has 0 aliphatic carbocycles. The van der Waals surface area contributed by atoms with Gasteiger partial charge in [0.15, 0.2) is 5.75 Å². The van der Waals surface area contributed by atoms with Gasteiger partial charge in [-0.15, -0.1) is 0 Å². The van der Waals surface area contributed by atoms with Gasteiger partial charge in [0, 0.05) is 6.07 Å². The van der Waals surface area contributed by atoms with E-state index in [4.69, 9.17) is 10.5 Å². The third-order valence-electron chi connectivity index (χ3n) is 2.97. The summed E-state index contributed by atoms with van der Waals surface area (Å²) >= 11 is 0. The predicted octanol–water partition coefficient (Wildman–Crippen LogP) is 1.44. The number of primary amides is 1. The molecule has 7 nitrogen and oxygen atoms in total. The zero-order valence-corrected chi connectivity index (χ0v) is 12.5. The predicted molar refractivity (Wildman–Crippen MR) is 79.3 cm³/mol. The highest BCUT2D eigenvalue weighted by atomic mass is 16.6. The number of aryl methyl sites for hydroxylation is 2. The minimum atomic E-state index is -0.676. The van der Waals surface area contributed by atoms with E-state index in [-0.39, 0.29) is 18.0 Å². The lowest BCUT2D eigenvalue weighted by molar-refractivity contribution is -0.386. The van der Waals surface area contributed by atoms with E-state index >= 15 is 0 Å². The fourth-order valence-corrected chi connectivity index (χ4v) is 1.98. The number of nitrogens with two attached hydrogens (primary N) is 1. The van der Waals surface area contributed by atoms with Crippen LogP contribution < -0.4 is 15.8 Å². The Morgan fingerprint density at radius 3 is 2.67 bits per heavy atom. The Balaban J connectivity index is 2.91. The van der Waals surface area contributed by atoms with E-state index in [9.17, 15) is 14.9 Å². The van der Waals surface area contributed by atoms with Gasteiger partial charge in [0.05, 0.1) is 4.92 Å². The SMILES string of the molecule is CCCNC(COc1c(C)cc(C)cc1[N+](=O)[O-])C(N)=O. The molecule has 1 rings (SSSR count). The molecule has 0 saturated heterocycles. The van der Waals surface area contributed by atoms with E-state index in [0.717, 1.165) is 12.0 Å². The van der Waals surface area contributed by atoms with Crippen LogP contribution >= 0.6 is 0 Å². The van der Waals surface area contributed by atoms with Gasteiger partial charge in [-0.1, -0.05) is 13.0 Å². The van der Waals surface area contributed by atoms with Crippen LogP contribution in [0.4, 0.5) is 5.69 Å². The molecule has 0 saturated carbocycles. The van der Waals surface area contributed by atoms with Crippen molar-refractivity contribution in [1.82, 2.24) is 5.32 Å². The second-order valence-electron chi connectivity index (χ2n) is 4.91. The minimum Gasteiger partial charge on any atom is -0.484 e. The number of benzene rings is 1. The van der Waals surface area contributed by atoms with Crippen molar-refractivity contribution >= 4 is 11.6 Å². The molecule has 1 unspecified atom stereocenters. The van der Waals surface area contributed by atoms with Crippen molar-refractivity contribution in [3.8, 4) is 5.75 Å². The molecule has 0 spiro atoms. The maximum atomic E-state index is 11.3. The lowest BCUT2D eigenvalue weighted by Gasteiger charge is -2.17. The van der Waals surface area contributed by atoms with Gasteiger partial charge < -0.3 is 15.8 Å². The maximum absolute atomic E-state index is 11.3. The summed E-state index contributed by atoms with van der Waals surface area (Å²) < 4.78 is 5.50. The fraction of sp³-hybridized carbons (Fsp3) is 0.500. The Labute approximate surface area is 123 Å². The molecule has 21 heavy (non-hydrogen) atoms. The van der Waals surface area contributed by atoms with Crippen LogP contribution in [-0.4, -0.2) is 30.0 Å². The first-order chi connectivity index (χ1) is 9.86. The summed E-state index contributed by atoms with van der Waals surface area (Å²) in [4.78, 5) is 21.9. The van der Waals surface area contributed by atoms with Crippen LogP contribution in [0.2, 0.25) is 0 Å². The van der Waals surface area contributed by atoms with Crippen LogP contribution in [0, 0.1) is 24.0 Å². The molecule has 0 fully saturated rings. The fourth-order valence-electron chi connectivity index (χ4n) is 1.98. The lowest BCUT2D eigenvalue weighted by atomic mass is 10.1. The monoisotopic (exact) mass is 295 g/mol. The molecule has 1 amide bonds. The van der Waals surface area contributed by atoms with Crippen LogP contribution in [0.5, 0.6) is 5.75 Å². The van der Waals surface area contributed by atoms with E-state index in [1.54, 1.807) is 19.9 Å². The van der Waals surface area contributed by atoms with Crippen LogP contribution in [0.15, 0.2) is 12.1 Å². The third kappa shape index (κ3) is 4.71. The zero-order chi connectivity index (χ0) is 16.0. The number of amides is 1. The van der Waals surface area contributed by atoms with Gasteiger partial charge in [-0.2, -0.15) is 0 Å². The molecule has 0 aromatic heterocycles. The van der Waals surface area contributed by atoms with Crippen LogP contribution in [0.3, 0.4) is 0 Å². The Bertz CT molecular complexity index is 531.